The number of hydrogen-bond donors (Lipinski definition) is 1. The SMILES string of the molecule is CC(=O)c1cccc(NC(=O)[C@@H](C)Sc2nc3ccccc3n2C)c1. The highest BCUT2D eigenvalue weighted by Gasteiger charge is 2.18. The maximum absolute atomic E-state index is 12.5. The van der Waals surface area contributed by atoms with Crippen LogP contribution in [0.5, 0.6) is 0 Å². The highest BCUT2D eigenvalue weighted by Crippen LogP contribution is 2.26. The van der Waals surface area contributed by atoms with E-state index in [0.717, 1.165) is 16.2 Å². The molecule has 5 nitrogen and oxygen atoms in total. The molecule has 1 atom stereocenters. The van der Waals surface area contributed by atoms with Crippen LogP contribution in [0.25, 0.3) is 11.0 Å². The van der Waals surface area contributed by atoms with Gasteiger partial charge >= 0.3 is 0 Å². The van der Waals surface area contributed by atoms with Crippen molar-refractivity contribution < 1.29 is 9.59 Å². The molecule has 25 heavy (non-hydrogen) atoms. The van der Waals surface area contributed by atoms with Crippen LogP contribution < -0.4 is 5.32 Å². The number of aromatic nitrogens is 2. The van der Waals surface area contributed by atoms with Crippen LogP contribution in [0, 0.1) is 0 Å². The molecule has 0 fully saturated rings. The second-order valence-electron chi connectivity index (χ2n) is 5.83. The summed E-state index contributed by atoms with van der Waals surface area (Å²) in [4.78, 5) is 28.5. The molecule has 0 radical (unpaired) electrons. The molecule has 3 rings (SSSR count). The molecule has 0 aliphatic rings. The Morgan fingerprint density at radius 2 is 1.92 bits per heavy atom. The smallest absolute Gasteiger partial charge is 0.237 e. The Hall–Kier alpha value is -2.60. The standard InChI is InChI=1S/C19H19N3O2S/c1-12(23)14-7-6-8-15(11-14)20-18(24)13(2)25-19-21-16-9-4-5-10-17(16)22(19)3/h4-11,13H,1-3H3,(H,20,24)/t13-/m1/s1. The second-order valence-corrected chi connectivity index (χ2v) is 7.14. The van der Waals surface area contributed by atoms with E-state index in [1.54, 1.807) is 24.3 Å². The van der Waals surface area contributed by atoms with E-state index in [9.17, 15) is 9.59 Å². The van der Waals surface area contributed by atoms with Gasteiger partial charge in [-0.05, 0) is 38.1 Å². The van der Waals surface area contributed by atoms with E-state index >= 15 is 0 Å². The Bertz CT molecular complexity index is 949. The average Bonchev–Trinajstić information content (AvgIpc) is 2.91. The number of thioether (sulfide) groups is 1. The van der Waals surface area contributed by atoms with Crippen molar-refractivity contribution in [3.63, 3.8) is 0 Å². The summed E-state index contributed by atoms with van der Waals surface area (Å²) < 4.78 is 1.99. The number of nitrogens with one attached hydrogen (secondary N) is 1. The Labute approximate surface area is 150 Å². The molecule has 1 aromatic heterocycles. The van der Waals surface area contributed by atoms with Crippen LogP contribution in [0.1, 0.15) is 24.2 Å². The molecular weight excluding hydrogens is 334 g/mol. The molecular formula is C19H19N3O2S. The van der Waals surface area contributed by atoms with Crippen molar-refractivity contribution in [1.29, 1.82) is 0 Å². The topological polar surface area (TPSA) is 64.0 Å². The number of Topliss-reactive ketones (excluding diaryl/α,β-unsaturated/α-hetero) is 1. The van der Waals surface area contributed by atoms with Crippen LogP contribution in [0.4, 0.5) is 5.69 Å². The monoisotopic (exact) mass is 353 g/mol. The summed E-state index contributed by atoms with van der Waals surface area (Å²) in [5, 5.41) is 3.33. The lowest BCUT2D eigenvalue weighted by atomic mass is 10.1. The van der Waals surface area contributed by atoms with Crippen molar-refractivity contribution in [2.75, 3.05) is 5.32 Å². The predicted molar refractivity (Wildman–Crippen MR) is 101 cm³/mol. The lowest BCUT2D eigenvalue weighted by Crippen LogP contribution is -2.23. The van der Waals surface area contributed by atoms with E-state index < -0.39 is 0 Å². The Morgan fingerprint density at radius 3 is 2.64 bits per heavy atom. The predicted octanol–water partition coefficient (Wildman–Crippen LogP) is 3.90. The van der Waals surface area contributed by atoms with Crippen LogP contribution >= 0.6 is 11.8 Å². The molecule has 3 aromatic rings. The number of para-hydroxylation sites is 2. The largest absolute Gasteiger partial charge is 0.325 e. The third-order valence-corrected chi connectivity index (χ3v) is 5.08. The first-order valence-corrected chi connectivity index (χ1v) is 8.83. The Kier molecular flexibility index (Phi) is 4.90. The number of imidazole rings is 1. The number of carbonyl (C=O) groups excluding carboxylic acids is 2. The normalized spacial score (nSPS) is 12.1. The number of anilines is 1. The van der Waals surface area contributed by atoms with Gasteiger partial charge in [-0.25, -0.2) is 4.98 Å². The first-order valence-electron chi connectivity index (χ1n) is 7.95. The van der Waals surface area contributed by atoms with Crippen molar-refractivity contribution in [3.8, 4) is 0 Å². The van der Waals surface area contributed by atoms with Crippen molar-refractivity contribution in [3.05, 3.63) is 54.1 Å². The summed E-state index contributed by atoms with van der Waals surface area (Å²) in [5.74, 6) is -0.156. The summed E-state index contributed by atoms with van der Waals surface area (Å²) in [6.45, 7) is 3.35. The number of hydrogen-bond acceptors (Lipinski definition) is 4. The van der Waals surface area contributed by atoms with E-state index in [1.807, 2.05) is 42.8 Å². The summed E-state index contributed by atoms with van der Waals surface area (Å²) in [6, 6.07) is 14.8. The molecule has 128 valence electrons. The van der Waals surface area contributed by atoms with E-state index in [1.165, 1.54) is 18.7 Å². The molecule has 1 N–H and O–H groups in total. The average molecular weight is 353 g/mol. The zero-order valence-corrected chi connectivity index (χ0v) is 15.1. The third-order valence-electron chi connectivity index (χ3n) is 3.93. The molecule has 0 saturated carbocycles. The van der Waals surface area contributed by atoms with Crippen LogP contribution in [-0.4, -0.2) is 26.5 Å². The molecule has 1 amide bonds. The molecule has 1 heterocycles. The molecule has 0 aliphatic carbocycles. The van der Waals surface area contributed by atoms with Gasteiger partial charge in [-0.2, -0.15) is 0 Å². The number of benzene rings is 2. The molecule has 0 spiro atoms. The number of ketones is 1. The van der Waals surface area contributed by atoms with Crippen LogP contribution in [0.15, 0.2) is 53.7 Å². The summed E-state index contributed by atoms with van der Waals surface area (Å²) in [7, 11) is 1.94. The molecule has 0 bridgehead atoms. The maximum Gasteiger partial charge on any atom is 0.237 e. The van der Waals surface area contributed by atoms with Crippen molar-refractivity contribution in [2.45, 2.75) is 24.3 Å². The van der Waals surface area contributed by atoms with Gasteiger partial charge < -0.3 is 9.88 Å². The Balaban J connectivity index is 1.73. The fourth-order valence-corrected chi connectivity index (χ4v) is 3.39. The lowest BCUT2D eigenvalue weighted by molar-refractivity contribution is -0.115. The first kappa shape index (κ1) is 17.2. The highest BCUT2D eigenvalue weighted by molar-refractivity contribution is 8.00. The first-order chi connectivity index (χ1) is 12.0. The number of rotatable bonds is 5. The third kappa shape index (κ3) is 3.74. The van der Waals surface area contributed by atoms with Crippen LogP contribution in [0.3, 0.4) is 0 Å². The molecule has 6 heteroatoms. The van der Waals surface area contributed by atoms with Gasteiger partial charge in [-0.1, -0.05) is 36.0 Å². The highest BCUT2D eigenvalue weighted by atomic mass is 32.2. The van der Waals surface area contributed by atoms with Gasteiger partial charge in [0.15, 0.2) is 10.9 Å². The molecule has 0 aliphatic heterocycles. The quantitative estimate of drug-likeness (QED) is 0.558. The van der Waals surface area contributed by atoms with Crippen molar-refractivity contribution >= 4 is 40.2 Å². The zero-order chi connectivity index (χ0) is 18.0. The summed E-state index contributed by atoms with van der Waals surface area (Å²) in [5.41, 5.74) is 3.14. The Morgan fingerprint density at radius 1 is 1.16 bits per heavy atom. The van der Waals surface area contributed by atoms with Crippen molar-refractivity contribution in [2.24, 2.45) is 7.05 Å². The van der Waals surface area contributed by atoms with Gasteiger partial charge in [0.1, 0.15) is 0 Å². The van der Waals surface area contributed by atoms with Gasteiger partial charge in [0.2, 0.25) is 5.91 Å². The maximum atomic E-state index is 12.5. The van der Waals surface area contributed by atoms with Crippen LogP contribution in [-0.2, 0) is 11.8 Å². The second kappa shape index (κ2) is 7.11. The van der Waals surface area contributed by atoms with E-state index in [0.29, 0.717) is 11.3 Å². The minimum absolute atomic E-state index is 0.0294. The van der Waals surface area contributed by atoms with Gasteiger partial charge in [0.05, 0.1) is 16.3 Å². The molecule has 0 unspecified atom stereocenters. The fraction of sp³-hybridized carbons (Fsp3) is 0.211. The van der Waals surface area contributed by atoms with E-state index in [4.69, 9.17) is 0 Å². The molecule has 2 aromatic carbocycles. The fourth-order valence-electron chi connectivity index (χ4n) is 2.50. The lowest BCUT2D eigenvalue weighted by Gasteiger charge is -2.12. The number of fused-ring (bicyclic) bond motifs is 1. The minimum atomic E-state index is -0.323. The van der Waals surface area contributed by atoms with Gasteiger partial charge in [0.25, 0.3) is 0 Å². The zero-order valence-electron chi connectivity index (χ0n) is 14.3. The van der Waals surface area contributed by atoms with Gasteiger partial charge in [-0.3, -0.25) is 9.59 Å². The van der Waals surface area contributed by atoms with Gasteiger partial charge in [-0.15, -0.1) is 0 Å². The molecule has 0 saturated heterocycles. The summed E-state index contributed by atoms with van der Waals surface area (Å²) >= 11 is 1.41. The summed E-state index contributed by atoms with van der Waals surface area (Å²) in [6.07, 6.45) is 0. The van der Waals surface area contributed by atoms with E-state index in [-0.39, 0.29) is 16.9 Å². The van der Waals surface area contributed by atoms with Gasteiger partial charge in [0, 0.05) is 18.3 Å². The van der Waals surface area contributed by atoms with Crippen molar-refractivity contribution in [1.82, 2.24) is 9.55 Å². The van der Waals surface area contributed by atoms with Crippen LogP contribution in [0.2, 0.25) is 0 Å². The minimum Gasteiger partial charge on any atom is -0.325 e. The number of aryl methyl sites for hydroxylation is 1. The number of nitrogens with zero attached hydrogens (tertiary/aromatic N) is 2. The number of carbonyl (C=O) groups is 2. The number of amides is 1. The van der Waals surface area contributed by atoms with E-state index in [2.05, 4.69) is 10.3 Å².